The first-order valence-electron chi connectivity index (χ1n) is 6.90. The SMILES string of the molecule is Cl.N[C@H]1CC[C@H](Nc2ncc(C3N=CC=NC3=O)cc2F)C1. The van der Waals surface area contributed by atoms with Crippen LogP contribution in [-0.2, 0) is 4.79 Å². The maximum Gasteiger partial charge on any atom is 0.275 e. The highest BCUT2D eigenvalue weighted by Crippen LogP contribution is 2.25. The van der Waals surface area contributed by atoms with E-state index in [1.165, 1.54) is 24.7 Å². The molecule has 8 heteroatoms. The van der Waals surface area contributed by atoms with E-state index in [4.69, 9.17) is 5.73 Å². The average molecular weight is 326 g/mol. The number of aromatic nitrogens is 1. The van der Waals surface area contributed by atoms with Gasteiger partial charge in [0.1, 0.15) is 0 Å². The largest absolute Gasteiger partial charge is 0.365 e. The zero-order chi connectivity index (χ0) is 14.8. The Labute approximate surface area is 133 Å². The van der Waals surface area contributed by atoms with Crippen LogP contribution in [0.1, 0.15) is 30.9 Å². The summed E-state index contributed by atoms with van der Waals surface area (Å²) in [5, 5.41) is 3.06. The van der Waals surface area contributed by atoms with Crippen molar-refractivity contribution in [3.05, 3.63) is 23.6 Å². The van der Waals surface area contributed by atoms with Crippen LogP contribution in [0.5, 0.6) is 0 Å². The van der Waals surface area contributed by atoms with Crippen molar-refractivity contribution in [1.29, 1.82) is 0 Å². The van der Waals surface area contributed by atoms with Gasteiger partial charge in [0, 0.05) is 36.3 Å². The Morgan fingerprint density at radius 3 is 2.77 bits per heavy atom. The number of carbonyl (C=O) groups excluding carboxylic acids is 1. The third-order valence-corrected chi connectivity index (χ3v) is 3.73. The van der Waals surface area contributed by atoms with Gasteiger partial charge in [-0.15, -0.1) is 12.4 Å². The second-order valence-corrected chi connectivity index (χ2v) is 5.33. The van der Waals surface area contributed by atoms with E-state index in [9.17, 15) is 9.18 Å². The van der Waals surface area contributed by atoms with Crippen LogP contribution in [0.25, 0.3) is 0 Å². The van der Waals surface area contributed by atoms with Gasteiger partial charge in [0.15, 0.2) is 17.7 Å². The van der Waals surface area contributed by atoms with Gasteiger partial charge >= 0.3 is 0 Å². The van der Waals surface area contributed by atoms with E-state index >= 15 is 0 Å². The number of carbonyl (C=O) groups is 1. The minimum Gasteiger partial charge on any atom is -0.365 e. The molecule has 1 fully saturated rings. The molecule has 0 spiro atoms. The number of halogens is 2. The molecule has 0 bridgehead atoms. The van der Waals surface area contributed by atoms with Crippen LogP contribution < -0.4 is 11.1 Å². The lowest BCUT2D eigenvalue weighted by Gasteiger charge is -2.15. The fourth-order valence-corrected chi connectivity index (χ4v) is 2.64. The van der Waals surface area contributed by atoms with Crippen molar-refractivity contribution in [2.45, 2.75) is 37.4 Å². The van der Waals surface area contributed by atoms with Crippen LogP contribution in [0, 0.1) is 5.82 Å². The quantitative estimate of drug-likeness (QED) is 0.883. The summed E-state index contributed by atoms with van der Waals surface area (Å²) in [6.07, 6.45) is 6.85. The van der Waals surface area contributed by atoms with Crippen LogP contribution in [-0.4, -0.2) is 35.4 Å². The maximum absolute atomic E-state index is 14.1. The molecule has 1 amide bonds. The molecule has 6 nitrogen and oxygen atoms in total. The normalized spacial score (nSPS) is 26.8. The van der Waals surface area contributed by atoms with Crippen molar-refractivity contribution in [2.24, 2.45) is 15.7 Å². The molecule has 0 saturated heterocycles. The second-order valence-electron chi connectivity index (χ2n) is 5.33. The molecule has 1 saturated carbocycles. The van der Waals surface area contributed by atoms with Crippen molar-refractivity contribution >= 4 is 36.6 Å². The summed E-state index contributed by atoms with van der Waals surface area (Å²) in [4.78, 5) is 23.3. The molecule has 2 heterocycles. The third-order valence-electron chi connectivity index (χ3n) is 3.73. The van der Waals surface area contributed by atoms with Crippen molar-refractivity contribution in [1.82, 2.24) is 4.98 Å². The van der Waals surface area contributed by atoms with Gasteiger partial charge in [0.2, 0.25) is 0 Å². The predicted octanol–water partition coefficient (Wildman–Crippen LogP) is 1.66. The lowest BCUT2D eigenvalue weighted by Crippen LogP contribution is -2.22. The van der Waals surface area contributed by atoms with E-state index in [-0.39, 0.29) is 30.3 Å². The lowest BCUT2D eigenvalue weighted by atomic mass is 10.1. The molecule has 3 atom stereocenters. The minimum absolute atomic E-state index is 0. The number of nitrogens with one attached hydrogen (secondary N) is 1. The predicted molar refractivity (Wildman–Crippen MR) is 85.4 cm³/mol. The Morgan fingerprint density at radius 2 is 2.14 bits per heavy atom. The van der Waals surface area contributed by atoms with E-state index in [1.54, 1.807) is 0 Å². The fourth-order valence-electron chi connectivity index (χ4n) is 2.64. The maximum atomic E-state index is 14.1. The Kier molecular flexibility index (Phi) is 5.20. The first-order valence-corrected chi connectivity index (χ1v) is 6.90. The summed E-state index contributed by atoms with van der Waals surface area (Å²) < 4.78 is 14.1. The molecule has 1 unspecified atom stereocenters. The number of hydrogen-bond donors (Lipinski definition) is 2. The Hall–Kier alpha value is -1.86. The number of nitrogens with two attached hydrogens (primary N) is 1. The van der Waals surface area contributed by atoms with E-state index < -0.39 is 17.8 Å². The molecule has 0 aromatic carbocycles. The number of nitrogens with zero attached hydrogens (tertiary/aromatic N) is 3. The van der Waals surface area contributed by atoms with E-state index in [0.29, 0.717) is 5.56 Å². The van der Waals surface area contributed by atoms with Gasteiger partial charge in [-0.2, -0.15) is 0 Å². The molecule has 1 aliphatic heterocycles. The number of aliphatic imine (C=N–C) groups is 2. The van der Waals surface area contributed by atoms with E-state index in [0.717, 1.165) is 19.3 Å². The zero-order valence-corrected chi connectivity index (χ0v) is 12.6. The highest BCUT2D eigenvalue weighted by molar-refractivity contribution is 6.21. The van der Waals surface area contributed by atoms with E-state index in [1.807, 2.05) is 0 Å². The molecule has 118 valence electrons. The molecule has 1 aromatic heterocycles. The zero-order valence-electron chi connectivity index (χ0n) is 11.8. The number of amides is 1. The topological polar surface area (TPSA) is 92.7 Å². The molecule has 3 N–H and O–H groups in total. The number of anilines is 1. The van der Waals surface area contributed by atoms with Crippen LogP contribution in [0.3, 0.4) is 0 Å². The molecule has 0 radical (unpaired) electrons. The van der Waals surface area contributed by atoms with Gasteiger partial charge in [-0.3, -0.25) is 9.79 Å². The molecule has 3 rings (SSSR count). The molecular formula is C14H17ClFN5O. The number of hydrogen-bond acceptors (Lipinski definition) is 5. The summed E-state index contributed by atoms with van der Waals surface area (Å²) >= 11 is 0. The highest BCUT2D eigenvalue weighted by Gasteiger charge is 2.25. The summed E-state index contributed by atoms with van der Waals surface area (Å²) in [5.74, 6) is -0.722. The summed E-state index contributed by atoms with van der Waals surface area (Å²) in [5.41, 5.74) is 6.23. The van der Waals surface area contributed by atoms with Gasteiger partial charge in [0.25, 0.3) is 5.91 Å². The lowest BCUT2D eigenvalue weighted by molar-refractivity contribution is -0.119. The van der Waals surface area contributed by atoms with Crippen molar-refractivity contribution in [3.8, 4) is 0 Å². The molecule has 1 aromatic rings. The minimum atomic E-state index is -0.800. The molecular weight excluding hydrogens is 309 g/mol. The van der Waals surface area contributed by atoms with Gasteiger partial charge in [-0.05, 0) is 25.3 Å². The Bertz CT molecular complexity index is 621. The van der Waals surface area contributed by atoms with Gasteiger partial charge in [-0.1, -0.05) is 0 Å². The van der Waals surface area contributed by atoms with Crippen LogP contribution in [0.4, 0.5) is 10.2 Å². The van der Waals surface area contributed by atoms with Crippen LogP contribution in [0.2, 0.25) is 0 Å². The van der Waals surface area contributed by atoms with Crippen molar-refractivity contribution in [2.75, 3.05) is 5.32 Å². The average Bonchev–Trinajstić information content (AvgIpc) is 2.87. The van der Waals surface area contributed by atoms with Crippen molar-refractivity contribution < 1.29 is 9.18 Å². The Balaban J connectivity index is 0.00000176. The summed E-state index contributed by atoms with van der Waals surface area (Å²) in [6.45, 7) is 0. The third kappa shape index (κ3) is 3.48. The van der Waals surface area contributed by atoms with Gasteiger partial charge < -0.3 is 11.1 Å². The first-order chi connectivity index (χ1) is 10.1. The first kappa shape index (κ1) is 16.5. The standard InChI is InChI=1S/C14H16FN5O.ClH/c15-11-5-8(12-14(21)18-4-3-17-12)7-19-13(11)20-10-2-1-9(16)6-10;/h3-5,7,9-10,12H,1-2,6,16H2,(H,19,20);1H/t9-,10-,12?;/m0./s1. The smallest absolute Gasteiger partial charge is 0.275 e. The highest BCUT2D eigenvalue weighted by atomic mass is 35.5. The molecule has 22 heavy (non-hydrogen) atoms. The second kappa shape index (κ2) is 6.93. The summed E-state index contributed by atoms with van der Waals surface area (Å²) in [7, 11) is 0. The number of rotatable bonds is 3. The van der Waals surface area contributed by atoms with Crippen LogP contribution >= 0.6 is 12.4 Å². The molecule has 1 aliphatic carbocycles. The molecule has 2 aliphatic rings. The van der Waals surface area contributed by atoms with Crippen LogP contribution in [0.15, 0.2) is 22.2 Å². The number of pyridine rings is 1. The fraction of sp³-hybridized carbons (Fsp3) is 0.429. The van der Waals surface area contributed by atoms with Gasteiger partial charge in [0.05, 0.1) is 0 Å². The summed E-state index contributed by atoms with van der Waals surface area (Å²) in [6, 6.07) is 0.792. The Morgan fingerprint density at radius 1 is 1.32 bits per heavy atom. The van der Waals surface area contributed by atoms with E-state index in [2.05, 4.69) is 20.3 Å². The van der Waals surface area contributed by atoms with Gasteiger partial charge in [-0.25, -0.2) is 14.4 Å². The van der Waals surface area contributed by atoms with Crippen molar-refractivity contribution in [3.63, 3.8) is 0 Å². The monoisotopic (exact) mass is 325 g/mol.